The fourth-order valence-corrected chi connectivity index (χ4v) is 4.51. The molecule has 0 aliphatic heterocycles. The highest BCUT2D eigenvalue weighted by molar-refractivity contribution is 5.18. The van der Waals surface area contributed by atoms with Gasteiger partial charge in [-0.3, -0.25) is 0 Å². The van der Waals surface area contributed by atoms with E-state index in [1.165, 1.54) is 0 Å². The van der Waals surface area contributed by atoms with E-state index in [1.54, 1.807) is 0 Å². The first kappa shape index (κ1) is 33.5. The molecule has 1 atom stereocenters. The van der Waals surface area contributed by atoms with Crippen molar-refractivity contribution in [2.75, 3.05) is 0 Å². The van der Waals surface area contributed by atoms with Gasteiger partial charge in [-0.1, -0.05) is 96.9 Å². The van der Waals surface area contributed by atoms with Crippen LogP contribution in [0.5, 0.6) is 0 Å². The average molecular weight is 576 g/mol. The van der Waals surface area contributed by atoms with Crippen LogP contribution in [0.25, 0.3) is 0 Å². The van der Waals surface area contributed by atoms with Crippen LogP contribution in [0, 0.1) is 0 Å². The lowest BCUT2D eigenvalue weighted by Gasteiger charge is -2.34. The second kappa shape index (κ2) is 11.6. The predicted octanol–water partition coefficient (Wildman–Crippen LogP) is 6.91. The highest BCUT2D eigenvalue weighted by Gasteiger charge is 2.38. The van der Waals surface area contributed by atoms with Crippen LogP contribution in [0.2, 0.25) is 0 Å². The molecule has 3 heterocycles. The Balaban J connectivity index is 1.88. The maximum absolute atomic E-state index is 4.88. The third kappa shape index (κ3) is 8.10. The normalized spacial score (nSPS) is 15.0. The second-order valence-corrected chi connectivity index (χ2v) is 16.6. The number of aromatic nitrogens is 9. The number of rotatable bonds is 9. The maximum atomic E-state index is 4.88. The van der Waals surface area contributed by atoms with Crippen LogP contribution in [-0.2, 0) is 32.5 Å². The molecule has 0 aromatic carbocycles. The lowest BCUT2D eigenvalue weighted by atomic mass is 9.71. The van der Waals surface area contributed by atoms with E-state index in [0.29, 0.717) is 11.6 Å². The van der Waals surface area contributed by atoms with Gasteiger partial charge in [-0.05, 0) is 36.7 Å². The van der Waals surface area contributed by atoms with Gasteiger partial charge in [0.25, 0.3) is 0 Å². The minimum atomic E-state index is -0.338. The number of hydrogen-bond donors (Lipinski definition) is 0. The lowest BCUT2D eigenvalue weighted by molar-refractivity contribution is 0.277. The van der Waals surface area contributed by atoms with Gasteiger partial charge >= 0.3 is 0 Å². The molecule has 0 radical (unpaired) electrons. The molecule has 3 aromatic heterocycles. The van der Waals surface area contributed by atoms with Crippen molar-refractivity contribution >= 4 is 0 Å². The molecule has 0 fully saturated rings. The van der Waals surface area contributed by atoms with Crippen molar-refractivity contribution in [3.05, 3.63) is 53.1 Å². The van der Waals surface area contributed by atoms with E-state index in [4.69, 9.17) is 20.1 Å². The molecule has 0 N–H and O–H groups in total. The highest BCUT2D eigenvalue weighted by atomic mass is 15.3. The summed E-state index contributed by atoms with van der Waals surface area (Å²) in [5.74, 6) is 2.90. The Labute approximate surface area is 253 Å². The molecule has 9 nitrogen and oxygen atoms in total. The molecular formula is C33H53N9. The van der Waals surface area contributed by atoms with Gasteiger partial charge in [0.1, 0.15) is 5.82 Å². The molecule has 9 heteroatoms. The minimum Gasteiger partial charge on any atom is -0.240 e. The summed E-state index contributed by atoms with van der Waals surface area (Å²) in [6, 6.07) is 0. The van der Waals surface area contributed by atoms with Gasteiger partial charge in [-0.25, -0.2) is 15.0 Å². The molecule has 0 saturated carbocycles. The van der Waals surface area contributed by atoms with Crippen molar-refractivity contribution in [2.24, 2.45) is 0 Å². The van der Waals surface area contributed by atoms with Gasteiger partial charge in [0.05, 0.1) is 11.9 Å². The Hall–Kier alpha value is -2.97. The summed E-state index contributed by atoms with van der Waals surface area (Å²) in [6.45, 7) is 30.1. The quantitative estimate of drug-likeness (QED) is 0.268. The first-order chi connectivity index (χ1) is 19.0. The Morgan fingerprint density at radius 2 is 0.833 bits per heavy atom. The molecule has 3 rings (SSSR count). The van der Waals surface area contributed by atoms with Crippen LogP contribution in [0.1, 0.15) is 157 Å². The van der Waals surface area contributed by atoms with Crippen molar-refractivity contribution in [3.63, 3.8) is 0 Å². The fraction of sp³-hybridized carbons (Fsp3) is 0.727. The van der Waals surface area contributed by atoms with E-state index in [9.17, 15) is 0 Å². The molecule has 3 aromatic rings. The fourth-order valence-electron chi connectivity index (χ4n) is 4.51. The summed E-state index contributed by atoms with van der Waals surface area (Å²) in [4.78, 5) is 14.5. The lowest BCUT2D eigenvalue weighted by Crippen LogP contribution is -2.33. The monoisotopic (exact) mass is 575 g/mol. The Morgan fingerprint density at radius 3 is 1.24 bits per heavy atom. The molecule has 1 unspecified atom stereocenters. The van der Waals surface area contributed by atoms with Crippen LogP contribution in [-0.4, -0.2) is 45.5 Å². The van der Waals surface area contributed by atoms with Gasteiger partial charge in [-0.2, -0.15) is 5.10 Å². The summed E-state index contributed by atoms with van der Waals surface area (Å²) < 4.78 is 0. The first-order valence-electron chi connectivity index (χ1n) is 15.2. The van der Waals surface area contributed by atoms with Crippen LogP contribution in [0.4, 0.5) is 0 Å². The van der Waals surface area contributed by atoms with E-state index in [1.807, 2.05) is 18.6 Å². The van der Waals surface area contributed by atoms with Crippen LogP contribution >= 0.6 is 0 Å². The second-order valence-electron chi connectivity index (χ2n) is 16.6. The summed E-state index contributed by atoms with van der Waals surface area (Å²) >= 11 is 0. The zero-order valence-corrected chi connectivity index (χ0v) is 28.6. The summed E-state index contributed by atoms with van der Waals surface area (Å²) in [5.41, 5.74) is 0.805. The van der Waals surface area contributed by atoms with Gasteiger partial charge in [0, 0.05) is 39.5 Å². The van der Waals surface area contributed by atoms with Crippen molar-refractivity contribution in [2.45, 2.75) is 155 Å². The predicted molar refractivity (Wildman–Crippen MR) is 167 cm³/mol. The van der Waals surface area contributed by atoms with E-state index in [2.05, 4.69) is 122 Å². The molecule has 0 amide bonds. The van der Waals surface area contributed by atoms with Crippen LogP contribution < -0.4 is 0 Å². The van der Waals surface area contributed by atoms with E-state index >= 15 is 0 Å². The van der Waals surface area contributed by atoms with Crippen LogP contribution in [0.15, 0.2) is 18.6 Å². The zero-order valence-electron chi connectivity index (χ0n) is 28.6. The van der Waals surface area contributed by atoms with Gasteiger partial charge in [0.2, 0.25) is 0 Å². The first-order valence-corrected chi connectivity index (χ1v) is 15.2. The van der Waals surface area contributed by atoms with Crippen molar-refractivity contribution in [1.29, 1.82) is 0 Å². The topological polar surface area (TPSA) is 116 Å². The van der Waals surface area contributed by atoms with E-state index in [0.717, 1.165) is 48.6 Å². The smallest absolute Gasteiger partial charge is 0.179 e. The van der Waals surface area contributed by atoms with Crippen molar-refractivity contribution < 1.29 is 0 Å². The molecule has 0 bridgehead atoms. The standard InChI is InChI=1S/C33H53N9/c1-28(2,3)22-19-34-25(35-20-22)31(10,11)15-17-33(14,27-36-21-23(37-42-27)29(4,5)6)18-16-32(12,13)26-40-38-24(39-41-26)30(7,8)9/h19-21H,15-18H2,1-14H3. The third-order valence-electron chi connectivity index (χ3n) is 8.35. The number of nitrogens with zero attached hydrogens (tertiary/aromatic N) is 9. The van der Waals surface area contributed by atoms with Gasteiger partial charge in [0.15, 0.2) is 17.5 Å². The summed E-state index contributed by atoms with van der Waals surface area (Å²) in [5, 5.41) is 27.1. The molecule has 0 saturated heterocycles. The zero-order chi connectivity index (χ0) is 31.8. The third-order valence-corrected chi connectivity index (χ3v) is 8.35. The van der Waals surface area contributed by atoms with Crippen molar-refractivity contribution in [3.8, 4) is 0 Å². The Morgan fingerprint density at radius 1 is 0.405 bits per heavy atom. The maximum Gasteiger partial charge on any atom is 0.179 e. The molecule has 0 aliphatic rings. The average Bonchev–Trinajstić information content (AvgIpc) is 2.90. The molecule has 42 heavy (non-hydrogen) atoms. The largest absolute Gasteiger partial charge is 0.240 e. The molecular weight excluding hydrogens is 522 g/mol. The minimum absolute atomic E-state index is 0.0133. The van der Waals surface area contributed by atoms with Crippen LogP contribution in [0.3, 0.4) is 0 Å². The SMILES string of the molecule is CC(C)(C)c1cnc(C(C)(C)CCC(C)(CCC(C)(C)c2nnc(C(C)(C)C)nn2)c2ncc(C(C)(C)C)nn2)nc1. The Bertz CT molecular complexity index is 1230. The summed E-state index contributed by atoms with van der Waals surface area (Å²) in [6.07, 6.45) is 9.16. The molecule has 230 valence electrons. The molecule has 0 spiro atoms. The highest BCUT2D eigenvalue weighted by Crippen LogP contribution is 2.40. The molecule has 0 aliphatic carbocycles. The summed E-state index contributed by atoms with van der Waals surface area (Å²) in [7, 11) is 0. The van der Waals surface area contributed by atoms with E-state index < -0.39 is 0 Å². The van der Waals surface area contributed by atoms with E-state index in [-0.39, 0.29) is 32.5 Å². The van der Waals surface area contributed by atoms with Crippen molar-refractivity contribution in [1.82, 2.24) is 45.5 Å². The Kier molecular flexibility index (Phi) is 9.27. The van der Waals surface area contributed by atoms with Gasteiger partial charge in [-0.15, -0.1) is 25.5 Å². The van der Waals surface area contributed by atoms with Gasteiger partial charge < -0.3 is 0 Å². The number of hydrogen-bond acceptors (Lipinski definition) is 9.